The van der Waals surface area contributed by atoms with Crippen molar-refractivity contribution in [1.29, 1.82) is 0 Å². The van der Waals surface area contributed by atoms with Crippen LogP contribution in [-0.4, -0.2) is 80.2 Å². The van der Waals surface area contributed by atoms with Crippen LogP contribution >= 0.6 is 0 Å². The molecule has 2 N–H and O–H groups in total. The fourth-order valence-electron chi connectivity index (χ4n) is 3.23. The van der Waals surface area contributed by atoms with Crippen molar-refractivity contribution in [2.75, 3.05) is 40.3 Å². The van der Waals surface area contributed by atoms with Gasteiger partial charge in [0.25, 0.3) is 0 Å². The number of likely N-dealkylation sites (N-methyl/N-ethyl adjacent to an activating group) is 1. The first-order valence-electron chi connectivity index (χ1n) is 8.80. The molecular weight excluding hydrogens is 335 g/mol. The molecule has 0 aromatic heterocycles. The van der Waals surface area contributed by atoms with E-state index >= 15 is 0 Å². The number of carbonyl (C=O) groups excluding carboxylic acids is 1. The number of hydrogen-bond acceptors (Lipinski definition) is 3. The first kappa shape index (κ1) is 19.8. The summed E-state index contributed by atoms with van der Waals surface area (Å²) in [7, 11) is 3.34. The molecule has 1 heterocycles. The summed E-state index contributed by atoms with van der Waals surface area (Å²) < 4.78 is 37.5. The molecule has 9 heteroatoms. The van der Waals surface area contributed by atoms with Gasteiger partial charge in [0.05, 0.1) is 6.54 Å². The van der Waals surface area contributed by atoms with E-state index in [1.807, 2.05) is 0 Å². The summed E-state index contributed by atoms with van der Waals surface area (Å²) in [6.07, 6.45) is 0.865. The molecule has 1 amide bonds. The summed E-state index contributed by atoms with van der Waals surface area (Å²) in [5.74, 6) is 0.415. The first-order valence-corrected chi connectivity index (χ1v) is 8.80. The van der Waals surface area contributed by atoms with Crippen molar-refractivity contribution < 1.29 is 18.0 Å². The van der Waals surface area contributed by atoms with E-state index in [2.05, 4.69) is 15.6 Å². The van der Waals surface area contributed by atoms with Gasteiger partial charge < -0.3 is 15.5 Å². The van der Waals surface area contributed by atoms with E-state index in [-0.39, 0.29) is 18.5 Å². The SMILES string of the molecule is CN(C)C(=O)CN=C(NC1CCCC1)NC1CCN(CC(F)(F)F)C1. The lowest BCUT2D eigenvalue weighted by molar-refractivity contribution is -0.143. The molecule has 1 unspecified atom stereocenters. The Kier molecular flexibility index (Phi) is 6.92. The standard InChI is InChI=1S/C16H28F3N5O/c1-23(2)14(25)9-20-15(21-12-5-3-4-6-12)22-13-7-8-24(10-13)11-16(17,18)19/h12-13H,3-11H2,1-2H3,(H2,20,21,22). The molecule has 1 saturated heterocycles. The minimum Gasteiger partial charge on any atom is -0.354 e. The lowest BCUT2D eigenvalue weighted by Crippen LogP contribution is -2.48. The van der Waals surface area contributed by atoms with Crippen molar-refractivity contribution in [2.24, 2.45) is 4.99 Å². The van der Waals surface area contributed by atoms with Crippen molar-refractivity contribution in [2.45, 2.75) is 50.4 Å². The maximum absolute atomic E-state index is 12.5. The van der Waals surface area contributed by atoms with Crippen molar-refractivity contribution in [3.63, 3.8) is 0 Å². The van der Waals surface area contributed by atoms with E-state index in [9.17, 15) is 18.0 Å². The maximum Gasteiger partial charge on any atom is 0.401 e. The highest BCUT2D eigenvalue weighted by atomic mass is 19.4. The smallest absolute Gasteiger partial charge is 0.354 e. The summed E-state index contributed by atoms with van der Waals surface area (Å²) >= 11 is 0. The van der Waals surface area contributed by atoms with Gasteiger partial charge >= 0.3 is 6.18 Å². The molecule has 2 aliphatic rings. The van der Waals surface area contributed by atoms with Gasteiger partial charge in [-0.3, -0.25) is 9.69 Å². The normalized spacial score (nSPS) is 23.1. The van der Waals surface area contributed by atoms with Crippen molar-refractivity contribution in [1.82, 2.24) is 20.4 Å². The van der Waals surface area contributed by atoms with E-state index in [0.29, 0.717) is 31.5 Å². The van der Waals surface area contributed by atoms with Gasteiger partial charge in [0.15, 0.2) is 5.96 Å². The van der Waals surface area contributed by atoms with Gasteiger partial charge in [0, 0.05) is 39.3 Å². The number of rotatable bonds is 5. The van der Waals surface area contributed by atoms with Gasteiger partial charge in [-0.25, -0.2) is 4.99 Å². The van der Waals surface area contributed by atoms with E-state index in [4.69, 9.17) is 0 Å². The zero-order valence-corrected chi connectivity index (χ0v) is 14.9. The van der Waals surface area contributed by atoms with Crippen LogP contribution in [0.3, 0.4) is 0 Å². The third-order valence-electron chi connectivity index (χ3n) is 4.58. The third-order valence-corrected chi connectivity index (χ3v) is 4.58. The Morgan fingerprint density at radius 1 is 1.16 bits per heavy atom. The van der Waals surface area contributed by atoms with Crippen LogP contribution in [0.15, 0.2) is 4.99 Å². The minimum atomic E-state index is -4.17. The number of guanidine groups is 1. The number of aliphatic imine (C=N–C) groups is 1. The number of hydrogen-bond donors (Lipinski definition) is 2. The molecule has 0 aromatic carbocycles. The van der Waals surface area contributed by atoms with Crippen molar-refractivity contribution in [3.05, 3.63) is 0 Å². The number of nitrogens with zero attached hydrogens (tertiary/aromatic N) is 3. The van der Waals surface area contributed by atoms with Crippen molar-refractivity contribution in [3.8, 4) is 0 Å². The fourth-order valence-corrected chi connectivity index (χ4v) is 3.23. The second-order valence-electron chi connectivity index (χ2n) is 7.06. The Morgan fingerprint density at radius 2 is 1.80 bits per heavy atom. The zero-order valence-electron chi connectivity index (χ0n) is 14.9. The highest BCUT2D eigenvalue weighted by Gasteiger charge is 2.34. The second-order valence-corrected chi connectivity index (χ2v) is 7.06. The fraction of sp³-hybridized carbons (Fsp3) is 0.875. The van der Waals surface area contributed by atoms with Crippen LogP contribution in [0.4, 0.5) is 13.2 Å². The Labute approximate surface area is 146 Å². The molecule has 0 aromatic rings. The summed E-state index contributed by atoms with van der Waals surface area (Å²) in [5.41, 5.74) is 0. The molecule has 1 aliphatic heterocycles. The summed E-state index contributed by atoms with van der Waals surface area (Å²) in [6.45, 7) is -0.127. The molecule has 144 valence electrons. The van der Waals surface area contributed by atoms with E-state index < -0.39 is 12.7 Å². The van der Waals surface area contributed by atoms with Crippen LogP contribution in [0.2, 0.25) is 0 Å². The molecule has 2 fully saturated rings. The molecule has 25 heavy (non-hydrogen) atoms. The predicted molar refractivity (Wildman–Crippen MR) is 90.4 cm³/mol. The number of halogens is 3. The Balaban J connectivity index is 1.91. The molecule has 6 nitrogen and oxygen atoms in total. The van der Waals surface area contributed by atoms with Gasteiger partial charge in [-0.15, -0.1) is 0 Å². The molecule has 1 aliphatic carbocycles. The maximum atomic E-state index is 12.5. The first-order chi connectivity index (χ1) is 11.7. The van der Waals surface area contributed by atoms with Gasteiger partial charge in [-0.2, -0.15) is 13.2 Å². The number of nitrogens with one attached hydrogen (secondary N) is 2. The zero-order chi connectivity index (χ0) is 18.4. The van der Waals surface area contributed by atoms with Crippen LogP contribution in [-0.2, 0) is 4.79 Å². The molecule has 2 rings (SSSR count). The van der Waals surface area contributed by atoms with Crippen LogP contribution in [0.25, 0.3) is 0 Å². The highest BCUT2D eigenvalue weighted by Crippen LogP contribution is 2.20. The summed E-state index contributed by atoms with van der Waals surface area (Å²) in [4.78, 5) is 19.0. The number of likely N-dealkylation sites (tertiary alicyclic amines) is 1. The second kappa shape index (κ2) is 8.73. The average Bonchev–Trinajstić information content (AvgIpc) is 3.14. The monoisotopic (exact) mass is 363 g/mol. The van der Waals surface area contributed by atoms with Crippen LogP contribution < -0.4 is 10.6 Å². The quantitative estimate of drug-likeness (QED) is 0.569. The van der Waals surface area contributed by atoms with Gasteiger partial charge in [0.1, 0.15) is 6.54 Å². The number of carbonyl (C=O) groups is 1. The predicted octanol–water partition coefficient (Wildman–Crippen LogP) is 1.19. The lowest BCUT2D eigenvalue weighted by Gasteiger charge is -2.22. The van der Waals surface area contributed by atoms with E-state index in [1.165, 1.54) is 9.80 Å². The molecule has 1 atom stereocenters. The van der Waals surface area contributed by atoms with Gasteiger partial charge in [-0.1, -0.05) is 12.8 Å². The molecule has 0 radical (unpaired) electrons. The Hall–Kier alpha value is -1.51. The van der Waals surface area contributed by atoms with Crippen molar-refractivity contribution >= 4 is 11.9 Å². The Morgan fingerprint density at radius 3 is 2.40 bits per heavy atom. The van der Waals surface area contributed by atoms with Crippen LogP contribution in [0.5, 0.6) is 0 Å². The number of amides is 1. The molecule has 0 spiro atoms. The largest absolute Gasteiger partial charge is 0.401 e. The van der Waals surface area contributed by atoms with E-state index in [1.54, 1.807) is 14.1 Å². The Bertz CT molecular complexity index is 475. The van der Waals surface area contributed by atoms with Gasteiger partial charge in [0.2, 0.25) is 5.91 Å². The molecular formula is C16H28F3N5O. The summed E-state index contributed by atoms with van der Waals surface area (Å²) in [5, 5.41) is 6.54. The van der Waals surface area contributed by atoms with E-state index in [0.717, 1.165) is 25.7 Å². The highest BCUT2D eigenvalue weighted by molar-refractivity contribution is 5.85. The van der Waals surface area contributed by atoms with Gasteiger partial charge in [-0.05, 0) is 19.3 Å². The molecule has 0 bridgehead atoms. The lowest BCUT2D eigenvalue weighted by atomic mass is 10.2. The third kappa shape index (κ3) is 7.09. The number of alkyl halides is 3. The van der Waals surface area contributed by atoms with Crippen LogP contribution in [0, 0.1) is 0 Å². The summed E-state index contributed by atoms with van der Waals surface area (Å²) in [6, 6.07) is 0.220. The minimum absolute atomic E-state index is 0.0219. The average molecular weight is 363 g/mol. The molecule has 1 saturated carbocycles. The van der Waals surface area contributed by atoms with Crippen LogP contribution in [0.1, 0.15) is 32.1 Å². The topological polar surface area (TPSA) is 60.0 Å².